The summed E-state index contributed by atoms with van der Waals surface area (Å²) in [7, 11) is 1.61. The summed E-state index contributed by atoms with van der Waals surface area (Å²) in [6.45, 7) is 10.3. The highest BCUT2D eigenvalue weighted by Gasteiger charge is 2.46. The fourth-order valence-corrected chi connectivity index (χ4v) is 4.13. The van der Waals surface area contributed by atoms with Crippen LogP contribution in [-0.4, -0.2) is 25.5 Å². The van der Waals surface area contributed by atoms with Gasteiger partial charge in [0.15, 0.2) is 5.78 Å². The number of nitrogens with one attached hydrogen (secondary N) is 1. The van der Waals surface area contributed by atoms with Crippen molar-refractivity contribution < 1.29 is 19.1 Å². The van der Waals surface area contributed by atoms with Gasteiger partial charge in [-0.25, -0.2) is 0 Å². The monoisotopic (exact) mass is 369 g/mol. The van der Waals surface area contributed by atoms with E-state index in [1.807, 2.05) is 24.3 Å². The molecule has 0 amide bonds. The molecule has 1 aromatic carbocycles. The Morgan fingerprint density at radius 1 is 1.26 bits per heavy atom. The molecule has 0 bridgehead atoms. The number of Topliss-reactive ketones (excluding diaryl/α,β-unsaturated/α-hetero) is 1. The molecule has 27 heavy (non-hydrogen) atoms. The van der Waals surface area contributed by atoms with Gasteiger partial charge in [-0.1, -0.05) is 32.6 Å². The minimum absolute atomic E-state index is 0.0800. The van der Waals surface area contributed by atoms with Gasteiger partial charge >= 0.3 is 5.97 Å². The van der Waals surface area contributed by atoms with Crippen molar-refractivity contribution in [1.82, 2.24) is 5.32 Å². The predicted molar refractivity (Wildman–Crippen MR) is 103 cm³/mol. The molecule has 0 saturated carbocycles. The maximum Gasteiger partial charge on any atom is 0.315 e. The van der Waals surface area contributed by atoms with Crippen LogP contribution < -0.4 is 10.1 Å². The molecule has 1 heterocycles. The maximum atomic E-state index is 13.1. The molecular formula is C22H27NO4. The maximum absolute atomic E-state index is 13.1. The Morgan fingerprint density at radius 3 is 2.52 bits per heavy atom. The van der Waals surface area contributed by atoms with Gasteiger partial charge in [-0.05, 0) is 36.5 Å². The summed E-state index contributed by atoms with van der Waals surface area (Å²) in [5, 5.41) is 3.25. The van der Waals surface area contributed by atoms with E-state index in [1.165, 1.54) is 0 Å². The molecule has 144 valence electrons. The first-order chi connectivity index (χ1) is 12.8. The first-order valence-corrected chi connectivity index (χ1v) is 9.30. The van der Waals surface area contributed by atoms with Gasteiger partial charge in [-0.3, -0.25) is 9.59 Å². The van der Waals surface area contributed by atoms with E-state index in [4.69, 9.17) is 9.47 Å². The minimum atomic E-state index is -0.637. The minimum Gasteiger partial charge on any atom is -0.497 e. The zero-order valence-electron chi connectivity index (χ0n) is 16.4. The molecule has 2 unspecified atom stereocenters. The van der Waals surface area contributed by atoms with Gasteiger partial charge in [0, 0.05) is 29.3 Å². The number of ether oxygens (including phenoxy) is 2. The molecule has 1 aromatic rings. The zero-order chi connectivity index (χ0) is 19.8. The van der Waals surface area contributed by atoms with E-state index >= 15 is 0 Å². The van der Waals surface area contributed by atoms with Crippen LogP contribution in [0.5, 0.6) is 5.75 Å². The third kappa shape index (κ3) is 3.64. The first-order valence-electron chi connectivity index (χ1n) is 9.30. The summed E-state index contributed by atoms with van der Waals surface area (Å²) in [6, 6.07) is 7.51. The summed E-state index contributed by atoms with van der Waals surface area (Å²) in [6.07, 6.45) is 1.21. The van der Waals surface area contributed by atoms with Crippen LogP contribution in [0.1, 0.15) is 45.1 Å². The first kappa shape index (κ1) is 19.2. The zero-order valence-corrected chi connectivity index (χ0v) is 16.4. The van der Waals surface area contributed by atoms with Crippen molar-refractivity contribution in [3.8, 4) is 5.75 Å². The van der Waals surface area contributed by atoms with Crippen molar-refractivity contribution in [3.05, 3.63) is 53.4 Å². The van der Waals surface area contributed by atoms with Crippen LogP contribution in [0, 0.1) is 11.3 Å². The quantitative estimate of drug-likeness (QED) is 0.820. The van der Waals surface area contributed by atoms with E-state index < -0.39 is 11.8 Å². The normalized spacial score (nSPS) is 24.1. The highest BCUT2D eigenvalue weighted by molar-refractivity contribution is 6.00. The fourth-order valence-electron chi connectivity index (χ4n) is 4.13. The summed E-state index contributed by atoms with van der Waals surface area (Å²) in [4.78, 5) is 25.8. The Morgan fingerprint density at radius 2 is 1.93 bits per heavy atom. The van der Waals surface area contributed by atoms with Crippen LogP contribution in [0.2, 0.25) is 0 Å². The second kappa shape index (κ2) is 7.22. The lowest BCUT2D eigenvalue weighted by atomic mass is 9.66. The summed E-state index contributed by atoms with van der Waals surface area (Å²) >= 11 is 0. The van der Waals surface area contributed by atoms with Gasteiger partial charge < -0.3 is 14.8 Å². The number of hydrogen-bond acceptors (Lipinski definition) is 5. The highest BCUT2D eigenvalue weighted by Crippen LogP contribution is 2.48. The molecule has 1 aliphatic heterocycles. The molecular weight excluding hydrogens is 342 g/mol. The third-order valence-corrected chi connectivity index (χ3v) is 5.27. The van der Waals surface area contributed by atoms with E-state index in [1.54, 1.807) is 14.0 Å². The second-order valence-electron chi connectivity index (χ2n) is 7.96. The Kier molecular flexibility index (Phi) is 5.13. The fraction of sp³-hybridized carbons (Fsp3) is 0.455. The lowest BCUT2D eigenvalue weighted by Gasteiger charge is -2.42. The summed E-state index contributed by atoms with van der Waals surface area (Å²) < 4.78 is 10.6. The van der Waals surface area contributed by atoms with Crippen LogP contribution in [0.4, 0.5) is 0 Å². The number of rotatable bonds is 4. The lowest BCUT2D eigenvalue weighted by molar-refractivity contribution is -0.147. The average molecular weight is 369 g/mol. The number of benzene rings is 1. The molecule has 2 atom stereocenters. The Balaban J connectivity index is 2.13. The van der Waals surface area contributed by atoms with Crippen molar-refractivity contribution >= 4 is 11.8 Å². The average Bonchev–Trinajstić information content (AvgIpc) is 2.59. The van der Waals surface area contributed by atoms with Crippen molar-refractivity contribution in [3.63, 3.8) is 0 Å². The molecule has 5 nitrogen and oxygen atoms in total. The molecule has 0 fully saturated rings. The number of carbonyl (C=O) groups is 2. The Bertz CT molecular complexity index is 804. The van der Waals surface area contributed by atoms with Gasteiger partial charge in [0.2, 0.25) is 0 Å². The van der Waals surface area contributed by atoms with Gasteiger partial charge in [0.05, 0.1) is 13.7 Å². The van der Waals surface area contributed by atoms with Gasteiger partial charge in [0.1, 0.15) is 11.7 Å². The number of esters is 1. The summed E-state index contributed by atoms with van der Waals surface area (Å²) in [5.74, 6) is -0.592. The molecule has 0 saturated heterocycles. The molecule has 5 heteroatoms. The van der Waals surface area contributed by atoms with Gasteiger partial charge in [0.25, 0.3) is 0 Å². The van der Waals surface area contributed by atoms with E-state index in [0.717, 1.165) is 23.4 Å². The molecule has 1 N–H and O–H groups in total. The molecule has 0 spiro atoms. The van der Waals surface area contributed by atoms with Crippen molar-refractivity contribution in [2.75, 3.05) is 13.7 Å². The molecule has 0 aromatic heterocycles. The number of ketones is 1. The van der Waals surface area contributed by atoms with Gasteiger partial charge in [-0.15, -0.1) is 0 Å². The van der Waals surface area contributed by atoms with Crippen LogP contribution in [0.3, 0.4) is 0 Å². The number of allylic oxidation sites excluding steroid dienone is 2. The Hall–Kier alpha value is -2.56. The van der Waals surface area contributed by atoms with Crippen LogP contribution in [-0.2, 0) is 14.3 Å². The number of carbonyl (C=O) groups excluding carboxylic acids is 2. The highest BCUT2D eigenvalue weighted by atomic mass is 16.5. The van der Waals surface area contributed by atoms with Crippen LogP contribution in [0.15, 0.2) is 47.8 Å². The van der Waals surface area contributed by atoms with Gasteiger partial charge in [-0.2, -0.15) is 0 Å². The largest absolute Gasteiger partial charge is 0.497 e. The smallest absolute Gasteiger partial charge is 0.315 e. The predicted octanol–water partition coefficient (Wildman–Crippen LogP) is 3.72. The van der Waals surface area contributed by atoms with E-state index in [0.29, 0.717) is 17.7 Å². The topological polar surface area (TPSA) is 64.6 Å². The molecule has 2 aliphatic rings. The SMILES string of the molecule is C=C1NC2=C(C(=O)CC(C)(C)C2)C(c2ccc(OC)cc2)C1C(=O)OCC. The molecule has 3 rings (SSSR count). The molecule has 1 aliphatic carbocycles. The van der Waals surface area contributed by atoms with Crippen molar-refractivity contribution in [2.45, 2.75) is 39.5 Å². The van der Waals surface area contributed by atoms with Crippen LogP contribution >= 0.6 is 0 Å². The van der Waals surface area contributed by atoms with E-state index in [9.17, 15) is 9.59 Å². The van der Waals surface area contributed by atoms with E-state index in [2.05, 4.69) is 25.7 Å². The third-order valence-electron chi connectivity index (χ3n) is 5.27. The van der Waals surface area contributed by atoms with Crippen molar-refractivity contribution in [1.29, 1.82) is 0 Å². The molecule has 0 radical (unpaired) electrons. The Labute approximate surface area is 160 Å². The van der Waals surface area contributed by atoms with E-state index in [-0.39, 0.29) is 23.8 Å². The van der Waals surface area contributed by atoms with Crippen LogP contribution in [0.25, 0.3) is 0 Å². The standard InChI is InChI=1S/C22H27NO4/c1-6-27-21(25)18-13(2)23-16-11-22(3,4)12-17(24)20(16)19(18)14-7-9-15(26-5)10-8-14/h7-10,18-19,23H,2,6,11-12H2,1,3-5H3. The van der Waals surface area contributed by atoms with Crippen molar-refractivity contribution in [2.24, 2.45) is 11.3 Å². The number of hydrogen-bond donors (Lipinski definition) is 1. The summed E-state index contributed by atoms with van der Waals surface area (Å²) in [5.41, 5.74) is 2.91. The second-order valence-corrected chi connectivity index (χ2v) is 7.96. The number of methoxy groups -OCH3 is 1. The lowest BCUT2D eigenvalue weighted by Crippen LogP contribution is -2.43.